The molecule has 8 heteroatoms. The van der Waals surface area contributed by atoms with Gasteiger partial charge in [0.1, 0.15) is 23.9 Å². The Balaban J connectivity index is 0.000000289. The Morgan fingerprint density at radius 3 is 2.49 bits per heavy atom. The number of phenolic OH excluding ortho intramolecular Hbond substituents is 1. The first-order chi connectivity index (χ1) is 17.9. The molecule has 1 amide bonds. The molecule has 7 nitrogen and oxygen atoms in total. The summed E-state index contributed by atoms with van der Waals surface area (Å²) >= 11 is 5.50. The largest absolute Gasteiger partial charge is 0.506 e. The molecule has 4 rings (SSSR count). The molecule has 1 aliphatic rings. The first kappa shape index (κ1) is 28.0. The minimum Gasteiger partial charge on any atom is -0.506 e. The molecule has 196 valence electrons. The van der Waals surface area contributed by atoms with Crippen molar-refractivity contribution in [3.8, 4) is 17.2 Å². The molecule has 1 saturated heterocycles. The lowest BCUT2D eigenvalue weighted by molar-refractivity contribution is 0.100. The van der Waals surface area contributed by atoms with E-state index in [9.17, 15) is 4.79 Å². The molecule has 0 radical (unpaired) electrons. The SMILES string of the molecule is COc1cc(OCCN2CCC(Cc3ccccc3)CC2)ccc1C=N.NC(=O)c1ccc(O)c(Cl)c1. The van der Waals surface area contributed by atoms with Crippen LogP contribution in [0.2, 0.25) is 5.02 Å². The predicted molar refractivity (Wildman–Crippen MR) is 147 cm³/mol. The standard InChI is InChI=1S/C22H28N2O2.C7H6ClNO2/c1-25-22-16-21(8-7-20(22)17-23)26-14-13-24-11-9-19(10-12-24)15-18-5-3-2-4-6-18;8-5-3-4(7(9)11)1-2-6(5)10/h2-8,16-17,19,23H,9-15H2,1H3;1-3,10H,(H2,9,11). The molecule has 0 bridgehead atoms. The molecular formula is C29H34ClN3O4. The topological polar surface area (TPSA) is 109 Å². The zero-order valence-corrected chi connectivity index (χ0v) is 21.8. The van der Waals surface area contributed by atoms with Crippen LogP contribution >= 0.6 is 11.6 Å². The van der Waals surface area contributed by atoms with Crippen LogP contribution in [-0.4, -0.2) is 55.5 Å². The highest BCUT2D eigenvalue weighted by molar-refractivity contribution is 6.32. The predicted octanol–water partition coefficient (Wildman–Crippen LogP) is 5.17. The van der Waals surface area contributed by atoms with Crippen molar-refractivity contribution >= 4 is 23.7 Å². The second kappa shape index (κ2) is 14.3. The highest BCUT2D eigenvalue weighted by Gasteiger charge is 2.19. The van der Waals surface area contributed by atoms with E-state index in [1.807, 2.05) is 18.2 Å². The molecule has 0 saturated carbocycles. The summed E-state index contributed by atoms with van der Waals surface area (Å²) in [6.45, 7) is 3.93. The smallest absolute Gasteiger partial charge is 0.248 e. The fourth-order valence-corrected chi connectivity index (χ4v) is 4.40. The highest BCUT2D eigenvalue weighted by atomic mass is 35.5. The van der Waals surface area contributed by atoms with Gasteiger partial charge in [-0.05, 0) is 74.2 Å². The Bertz CT molecular complexity index is 1170. The third-order valence-electron chi connectivity index (χ3n) is 6.34. The van der Waals surface area contributed by atoms with Crippen LogP contribution in [0.3, 0.4) is 0 Å². The number of piperidine rings is 1. The number of rotatable bonds is 9. The number of carbonyl (C=O) groups excluding carboxylic acids is 1. The lowest BCUT2D eigenvalue weighted by Crippen LogP contribution is -2.37. The lowest BCUT2D eigenvalue weighted by atomic mass is 9.90. The molecule has 3 aromatic carbocycles. The van der Waals surface area contributed by atoms with Crippen molar-refractivity contribution in [2.75, 3.05) is 33.4 Å². The Labute approximate surface area is 223 Å². The summed E-state index contributed by atoms with van der Waals surface area (Å²) in [5.41, 5.74) is 7.46. The van der Waals surface area contributed by atoms with E-state index in [1.165, 1.54) is 49.2 Å². The lowest BCUT2D eigenvalue weighted by Gasteiger charge is -2.31. The maximum Gasteiger partial charge on any atom is 0.248 e. The van der Waals surface area contributed by atoms with E-state index in [-0.39, 0.29) is 16.3 Å². The van der Waals surface area contributed by atoms with Gasteiger partial charge in [0.2, 0.25) is 5.91 Å². The van der Waals surface area contributed by atoms with Gasteiger partial charge in [0.05, 0.1) is 12.1 Å². The number of aromatic hydroxyl groups is 1. The molecule has 1 aliphatic heterocycles. The number of nitrogens with one attached hydrogen (secondary N) is 1. The van der Waals surface area contributed by atoms with Gasteiger partial charge >= 0.3 is 0 Å². The summed E-state index contributed by atoms with van der Waals surface area (Å²) < 4.78 is 11.2. The number of carbonyl (C=O) groups is 1. The first-order valence-electron chi connectivity index (χ1n) is 12.3. The van der Waals surface area contributed by atoms with E-state index in [2.05, 4.69) is 35.2 Å². The Morgan fingerprint density at radius 1 is 1.14 bits per heavy atom. The molecular weight excluding hydrogens is 490 g/mol. The van der Waals surface area contributed by atoms with Crippen LogP contribution in [0.15, 0.2) is 66.7 Å². The van der Waals surface area contributed by atoms with Crippen molar-refractivity contribution in [2.45, 2.75) is 19.3 Å². The van der Waals surface area contributed by atoms with E-state index in [0.717, 1.165) is 36.9 Å². The Hall–Kier alpha value is -3.55. The highest BCUT2D eigenvalue weighted by Crippen LogP contribution is 2.25. The van der Waals surface area contributed by atoms with Crippen LogP contribution in [0.4, 0.5) is 0 Å². The van der Waals surface area contributed by atoms with Crippen LogP contribution in [0.5, 0.6) is 17.2 Å². The normalized spacial score (nSPS) is 13.8. The minimum absolute atomic E-state index is 0.0586. The molecule has 1 heterocycles. The molecule has 1 fully saturated rings. The van der Waals surface area contributed by atoms with Crippen molar-refractivity contribution < 1.29 is 19.4 Å². The maximum absolute atomic E-state index is 10.5. The average molecular weight is 524 g/mol. The molecule has 0 atom stereocenters. The van der Waals surface area contributed by atoms with Gasteiger partial charge in [-0.25, -0.2) is 0 Å². The van der Waals surface area contributed by atoms with E-state index in [4.69, 9.17) is 37.3 Å². The third kappa shape index (κ3) is 8.81. The molecule has 0 unspecified atom stereocenters. The number of ether oxygens (including phenoxy) is 2. The molecule has 3 aromatic rings. The van der Waals surface area contributed by atoms with Crippen LogP contribution in [-0.2, 0) is 6.42 Å². The summed E-state index contributed by atoms with van der Waals surface area (Å²) in [4.78, 5) is 13.0. The van der Waals surface area contributed by atoms with Gasteiger partial charge < -0.3 is 25.7 Å². The number of methoxy groups -OCH3 is 1. The number of hydrogen-bond acceptors (Lipinski definition) is 6. The van der Waals surface area contributed by atoms with Gasteiger partial charge in [-0.15, -0.1) is 0 Å². The van der Waals surface area contributed by atoms with Crippen molar-refractivity contribution in [3.63, 3.8) is 0 Å². The summed E-state index contributed by atoms with van der Waals surface area (Å²) in [6, 6.07) is 20.5. The number of amides is 1. The molecule has 0 aromatic heterocycles. The number of hydrogen-bond donors (Lipinski definition) is 3. The monoisotopic (exact) mass is 523 g/mol. The van der Waals surface area contributed by atoms with Crippen LogP contribution < -0.4 is 15.2 Å². The van der Waals surface area contributed by atoms with Crippen molar-refractivity contribution in [2.24, 2.45) is 11.7 Å². The number of nitrogens with two attached hydrogens (primary N) is 1. The third-order valence-corrected chi connectivity index (χ3v) is 6.65. The fourth-order valence-electron chi connectivity index (χ4n) is 4.21. The van der Waals surface area contributed by atoms with Gasteiger partial charge in [-0.1, -0.05) is 41.9 Å². The van der Waals surface area contributed by atoms with Gasteiger partial charge in [-0.3, -0.25) is 9.69 Å². The van der Waals surface area contributed by atoms with Gasteiger partial charge in [-0.2, -0.15) is 0 Å². The second-order valence-electron chi connectivity index (χ2n) is 8.90. The van der Waals surface area contributed by atoms with E-state index in [1.54, 1.807) is 7.11 Å². The molecule has 4 N–H and O–H groups in total. The fraction of sp³-hybridized carbons (Fsp3) is 0.310. The van der Waals surface area contributed by atoms with E-state index >= 15 is 0 Å². The maximum atomic E-state index is 10.5. The van der Waals surface area contributed by atoms with Gasteiger partial charge in [0.25, 0.3) is 0 Å². The first-order valence-corrected chi connectivity index (χ1v) is 12.6. The summed E-state index contributed by atoms with van der Waals surface area (Å²) in [5, 5.41) is 16.4. The number of primary amides is 1. The number of halogens is 1. The van der Waals surface area contributed by atoms with Crippen molar-refractivity contribution in [1.82, 2.24) is 4.90 Å². The second-order valence-corrected chi connectivity index (χ2v) is 9.31. The Kier molecular flexibility index (Phi) is 10.8. The molecule has 0 spiro atoms. The average Bonchev–Trinajstić information content (AvgIpc) is 2.92. The zero-order chi connectivity index (χ0) is 26.6. The van der Waals surface area contributed by atoms with E-state index < -0.39 is 5.91 Å². The van der Waals surface area contributed by atoms with Crippen molar-refractivity contribution in [3.05, 3.63) is 88.4 Å². The summed E-state index contributed by atoms with van der Waals surface area (Å²) in [7, 11) is 1.62. The van der Waals surface area contributed by atoms with Crippen LogP contribution in [0, 0.1) is 11.3 Å². The molecule has 0 aliphatic carbocycles. The van der Waals surface area contributed by atoms with Crippen LogP contribution in [0.1, 0.15) is 34.3 Å². The van der Waals surface area contributed by atoms with Gasteiger partial charge in [0, 0.05) is 30.0 Å². The van der Waals surface area contributed by atoms with Gasteiger partial charge in [0.15, 0.2) is 0 Å². The summed E-state index contributed by atoms with van der Waals surface area (Å²) in [5.74, 6) is 1.65. The van der Waals surface area contributed by atoms with Crippen LogP contribution in [0.25, 0.3) is 0 Å². The number of nitrogens with zero attached hydrogens (tertiary/aromatic N) is 1. The quantitative estimate of drug-likeness (QED) is 0.335. The zero-order valence-electron chi connectivity index (χ0n) is 21.0. The Morgan fingerprint density at radius 2 is 1.86 bits per heavy atom. The minimum atomic E-state index is -0.563. The number of phenols is 1. The number of benzene rings is 3. The van der Waals surface area contributed by atoms with Crippen molar-refractivity contribution in [1.29, 1.82) is 5.41 Å². The summed E-state index contributed by atoms with van der Waals surface area (Å²) in [6.07, 6.45) is 5.01. The van der Waals surface area contributed by atoms with E-state index in [0.29, 0.717) is 12.4 Å². The molecule has 37 heavy (non-hydrogen) atoms. The number of likely N-dealkylation sites (tertiary alicyclic amines) is 1.